The van der Waals surface area contributed by atoms with E-state index in [0.29, 0.717) is 19.1 Å². The Morgan fingerprint density at radius 1 is 1.12 bits per heavy atom. The van der Waals surface area contributed by atoms with Crippen LogP contribution in [-0.2, 0) is 4.74 Å². The fraction of sp³-hybridized carbons (Fsp3) is 0.654. The molecule has 1 aliphatic carbocycles. The molecule has 2 amide bonds. The van der Waals surface area contributed by atoms with Crippen molar-refractivity contribution in [3.8, 4) is 0 Å². The molecule has 180 valence electrons. The minimum absolute atomic E-state index is 0.0870. The van der Waals surface area contributed by atoms with Crippen LogP contribution >= 0.6 is 11.3 Å². The average molecular weight is 471 g/mol. The van der Waals surface area contributed by atoms with Crippen molar-refractivity contribution in [3.05, 3.63) is 29.6 Å². The summed E-state index contributed by atoms with van der Waals surface area (Å²) in [6.07, 6.45) is 6.00. The van der Waals surface area contributed by atoms with Crippen molar-refractivity contribution in [2.24, 2.45) is 5.92 Å². The van der Waals surface area contributed by atoms with Crippen molar-refractivity contribution in [3.63, 3.8) is 0 Å². The van der Waals surface area contributed by atoms with Gasteiger partial charge in [-0.3, -0.25) is 4.90 Å². The highest BCUT2D eigenvalue weighted by molar-refractivity contribution is 7.17. The van der Waals surface area contributed by atoms with Crippen LogP contribution in [0.25, 0.3) is 10.1 Å². The number of nitrogens with zero attached hydrogens (tertiary/aromatic N) is 3. The van der Waals surface area contributed by atoms with Crippen LogP contribution in [-0.4, -0.2) is 80.4 Å². The molecule has 3 fully saturated rings. The van der Waals surface area contributed by atoms with Crippen LogP contribution in [0.2, 0.25) is 0 Å². The van der Waals surface area contributed by atoms with Gasteiger partial charge in [0.15, 0.2) is 0 Å². The van der Waals surface area contributed by atoms with Gasteiger partial charge in [0.25, 0.3) is 0 Å². The Balaban J connectivity index is 0.998. The second-order valence-corrected chi connectivity index (χ2v) is 11.4. The van der Waals surface area contributed by atoms with Crippen molar-refractivity contribution in [1.29, 1.82) is 0 Å². The summed E-state index contributed by atoms with van der Waals surface area (Å²) in [5.41, 5.74) is 1.25. The van der Waals surface area contributed by atoms with Crippen LogP contribution in [0.5, 0.6) is 0 Å². The molecule has 33 heavy (non-hydrogen) atoms. The molecule has 0 bridgehead atoms. The number of hydrogen-bond acceptors (Lipinski definition) is 5. The maximum Gasteiger partial charge on any atom is 0.317 e. The van der Waals surface area contributed by atoms with Crippen LogP contribution in [0.1, 0.15) is 39.0 Å². The van der Waals surface area contributed by atoms with E-state index in [4.69, 9.17) is 4.74 Å². The molecule has 2 saturated heterocycles. The van der Waals surface area contributed by atoms with E-state index in [1.165, 1.54) is 41.6 Å². The largest absolute Gasteiger partial charge is 0.375 e. The smallest absolute Gasteiger partial charge is 0.317 e. The van der Waals surface area contributed by atoms with E-state index in [0.717, 1.165) is 44.9 Å². The molecular formula is C26H38N4O2S. The average Bonchev–Trinajstić information content (AvgIpc) is 3.31. The first-order chi connectivity index (χ1) is 16.0. The van der Waals surface area contributed by atoms with Crippen molar-refractivity contribution >= 4 is 33.1 Å². The number of rotatable bonds is 6. The molecule has 3 aliphatic rings. The number of thiophene rings is 1. The number of benzene rings is 1. The number of methoxy groups -OCH3 is 1. The quantitative estimate of drug-likeness (QED) is 0.680. The summed E-state index contributed by atoms with van der Waals surface area (Å²) in [6.45, 7) is 9.21. The van der Waals surface area contributed by atoms with Crippen molar-refractivity contribution in [2.45, 2.75) is 50.7 Å². The second kappa shape index (κ2) is 9.80. The first kappa shape index (κ1) is 22.9. The summed E-state index contributed by atoms with van der Waals surface area (Å²) in [7, 11) is 1.72. The molecule has 2 aromatic rings. The van der Waals surface area contributed by atoms with Gasteiger partial charge in [-0.2, -0.15) is 0 Å². The fourth-order valence-electron chi connectivity index (χ4n) is 5.73. The summed E-state index contributed by atoms with van der Waals surface area (Å²) < 4.78 is 6.84. The summed E-state index contributed by atoms with van der Waals surface area (Å²) in [5.74, 6) is 0.802. The standard InChI is InChI=1S/C26H38N4O2S/c1-26(32-2)18-30(19-26)25(31)27-21-8-6-20(7-9-21)10-12-28-13-15-29(16-14-28)23-4-3-5-24-22(23)11-17-33-24/h3-5,11,17,20-21H,6-10,12-16,18-19H2,1-2H3,(H,27,31)/t20-,21-. The third-order valence-corrected chi connectivity index (χ3v) is 8.93. The summed E-state index contributed by atoms with van der Waals surface area (Å²) in [6, 6.07) is 9.39. The van der Waals surface area contributed by atoms with Gasteiger partial charge >= 0.3 is 6.03 Å². The molecule has 7 heteroatoms. The molecule has 1 aromatic heterocycles. The maximum absolute atomic E-state index is 12.4. The predicted molar refractivity (Wildman–Crippen MR) is 136 cm³/mol. The number of piperazine rings is 1. The molecule has 0 radical (unpaired) electrons. The summed E-state index contributed by atoms with van der Waals surface area (Å²) >= 11 is 1.83. The molecule has 5 rings (SSSR count). The zero-order valence-corrected chi connectivity index (χ0v) is 20.9. The third kappa shape index (κ3) is 5.15. The minimum Gasteiger partial charge on any atom is -0.375 e. The Morgan fingerprint density at radius 2 is 1.88 bits per heavy atom. The molecule has 0 spiro atoms. The van der Waals surface area contributed by atoms with E-state index in [1.807, 2.05) is 16.2 Å². The molecule has 0 unspecified atom stereocenters. The van der Waals surface area contributed by atoms with E-state index in [-0.39, 0.29) is 11.6 Å². The number of carbonyl (C=O) groups is 1. The lowest BCUT2D eigenvalue weighted by molar-refractivity contribution is -0.0914. The monoisotopic (exact) mass is 470 g/mol. The van der Waals surface area contributed by atoms with E-state index >= 15 is 0 Å². The molecule has 1 saturated carbocycles. The number of amides is 2. The SMILES string of the molecule is COC1(C)CN(C(=O)N[C@H]2CC[C@H](CCN3CCN(c4cccc5sccc45)CC3)CC2)C1. The number of urea groups is 1. The van der Waals surface area contributed by atoms with Crippen molar-refractivity contribution in [2.75, 3.05) is 57.8 Å². The fourth-order valence-corrected chi connectivity index (χ4v) is 6.53. The molecule has 6 nitrogen and oxygen atoms in total. The second-order valence-electron chi connectivity index (χ2n) is 10.4. The van der Waals surface area contributed by atoms with Gasteiger partial charge in [0.05, 0.1) is 13.1 Å². The van der Waals surface area contributed by atoms with Gasteiger partial charge < -0.3 is 19.9 Å². The van der Waals surface area contributed by atoms with E-state index in [1.54, 1.807) is 7.11 Å². The number of ether oxygens (including phenoxy) is 1. The topological polar surface area (TPSA) is 48.1 Å². The number of nitrogens with one attached hydrogen (secondary N) is 1. The molecule has 1 N–H and O–H groups in total. The Hall–Kier alpha value is -1.83. The van der Waals surface area contributed by atoms with Crippen LogP contribution in [0.3, 0.4) is 0 Å². The summed E-state index contributed by atoms with van der Waals surface area (Å²) in [5, 5.41) is 6.86. The van der Waals surface area contributed by atoms with Gasteiger partial charge in [-0.1, -0.05) is 6.07 Å². The number of anilines is 1. The van der Waals surface area contributed by atoms with Gasteiger partial charge in [0.2, 0.25) is 0 Å². The van der Waals surface area contributed by atoms with E-state index in [9.17, 15) is 4.79 Å². The van der Waals surface area contributed by atoms with E-state index in [2.05, 4.69) is 51.7 Å². The third-order valence-electron chi connectivity index (χ3n) is 8.04. The lowest BCUT2D eigenvalue weighted by atomic mass is 9.84. The van der Waals surface area contributed by atoms with E-state index < -0.39 is 0 Å². The van der Waals surface area contributed by atoms with Crippen molar-refractivity contribution < 1.29 is 9.53 Å². The number of carbonyl (C=O) groups excluding carboxylic acids is 1. The van der Waals surface area contributed by atoms with Gasteiger partial charge in [-0.15, -0.1) is 11.3 Å². The predicted octanol–water partition coefficient (Wildman–Crippen LogP) is 4.40. The van der Waals surface area contributed by atoms with Crippen LogP contribution in [0.4, 0.5) is 10.5 Å². The van der Waals surface area contributed by atoms with Gasteiger partial charge in [-0.25, -0.2) is 4.79 Å². The normalized spacial score (nSPS) is 25.8. The van der Waals surface area contributed by atoms with Gasteiger partial charge in [-0.05, 0) is 75.1 Å². The number of likely N-dealkylation sites (tertiary alicyclic amines) is 1. The Morgan fingerprint density at radius 3 is 2.61 bits per heavy atom. The van der Waals surface area contributed by atoms with Gasteiger partial charge in [0, 0.05) is 55.1 Å². The molecule has 2 aliphatic heterocycles. The lowest BCUT2D eigenvalue weighted by Crippen LogP contribution is -2.65. The first-order valence-electron chi connectivity index (χ1n) is 12.6. The van der Waals surface area contributed by atoms with Crippen LogP contribution in [0, 0.1) is 5.92 Å². The highest BCUT2D eigenvalue weighted by Gasteiger charge is 2.42. The van der Waals surface area contributed by atoms with Gasteiger partial charge in [0.1, 0.15) is 5.60 Å². The molecule has 0 atom stereocenters. The zero-order valence-electron chi connectivity index (χ0n) is 20.1. The highest BCUT2D eigenvalue weighted by Crippen LogP contribution is 2.32. The van der Waals surface area contributed by atoms with Crippen LogP contribution in [0.15, 0.2) is 29.6 Å². The molecular weight excluding hydrogens is 432 g/mol. The maximum atomic E-state index is 12.4. The first-order valence-corrected chi connectivity index (χ1v) is 13.4. The molecule has 3 heterocycles. The Kier molecular flexibility index (Phi) is 6.81. The number of fused-ring (bicyclic) bond motifs is 1. The highest BCUT2D eigenvalue weighted by atomic mass is 32.1. The Bertz CT molecular complexity index is 941. The zero-order chi connectivity index (χ0) is 22.8. The van der Waals surface area contributed by atoms with Crippen molar-refractivity contribution in [1.82, 2.24) is 15.1 Å². The lowest BCUT2D eigenvalue weighted by Gasteiger charge is -2.47. The summed E-state index contributed by atoms with van der Waals surface area (Å²) in [4.78, 5) is 19.5. The molecule has 1 aromatic carbocycles. The minimum atomic E-state index is -0.155. The Labute approximate surface area is 201 Å². The van der Waals surface area contributed by atoms with Crippen LogP contribution < -0.4 is 10.2 Å². The number of hydrogen-bond donors (Lipinski definition) is 1.